The number of halogens is 1. The van der Waals surface area contributed by atoms with Crippen LogP contribution in [0.15, 0.2) is 29.2 Å². The SMILES string of the molecule is CCN(CC(C)C(=O)O)C(=O)CCSc1ccc(Cl)cc1. The summed E-state index contributed by atoms with van der Waals surface area (Å²) in [5.74, 6) is -0.764. The normalized spacial score (nSPS) is 12.0. The fourth-order valence-electron chi connectivity index (χ4n) is 1.76. The number of carboxylic acid groups (broad SMARTS) is 1. The molecule has 1 amide bonds. The minimum atomic E-state index is -0.878. The maximum absolute atomic E-state index is 12.1. The summed E-state index contributed by atoms with van der Waals surface area (Å²) >= 11 is 7.40. The summed E-state index contributed by atoms with van der Waals surface area (Å²) in [6.07, 6.45) is 0.396. The van der Waals surface area contributed by atoms with Crippen molar-refractivity contribution in [3.63, 3.8) is 0 Å². The van der Waals surface area contributed by atoms with E-state index in [4.69, 9.17) is 16.7 Å². The van der Waals surface area contributed by atoms with Gasteiger partial charge in [-0.05, 0) is 31.2 Å². The first-order valence-electron chi connectivity index (χ1n) is 6.83. The zero-order valence-electron chi connectivity index (χ0n) is 12.2. The van der Waals surface area contributed by atoms with Gasteiger partial charge >= 0.3 is 5.97 Å². The number of thioether (sulfide) groups is 1. The van der Waals surface area contributed by atoms with Crippen molar-refractivity contribution in [3.05, 3.63) is 29.3 Å². The summed E-state index contributed by atoms with van der Waals surface area (Å²) in [5.41, 5.74) is 0. The largest absolute Gasteiger partial charge is 0.481 e. The lowest BCUT2D eigenvalue weighted by molar-refractivity contribution is -0.143. The zero-order valence-corrected chi connectivity index (χ0v) is 13.8. The highest BCUT2D eigenvalue weighted by Crippen LogP contribution is 2.21. The van der Waals surface area contributed by atoms with Crippen LogP contribution in [0, 0.1) is 5.92 Å². The molecule has 1 aromatic carbocycles. The molecule has 21 heavy (non-hydrogen) atoms. The first-order valence-corrected chi connectivity index (χ1v) is 8.19. The molecule has 0 aliphatic carbocycles. The number of amides is 1. The standard InChI is InChI=1S/C15H20ClNO3S/c1-3-17(10-11(2)15(19)20)14(18)8-9-21-13-6-4-12(16)5-7-13/h4-7,11H,3,8-10H2,1-2H3,(H,19,20). The van der Waals surface area contributed by atoms with Crippen LogP contribution < -0.4 is 0 Å². The van der Waals surface area contributed by atoms with Gasteiger partial charge in [0.2, 0.25) is 5.91 Å². The third-order valence-electron chi connectivity index (χ3n) is 3.05. The Bertz CT molecular complexity index is 478. The Hall–Kier alpha value is -1.20. The van der Waals surface area contributed by atoms with Crippen molar-refractivity contribution in [2.45, 2.75) is 25.2 Å². The topological polar surface area (TPSA) is 57.6 Å². The van der Waals surface area contributed by atoms with Gasteiger partial charge < -0.3 is 10.0 Å². The summed E-state index contributed by atoms with van der Waals surface area (Å²) in [4.78, 5) is 25.6. The van der Waals surface area contributed by atoms with E-state index in [1.807, 2.05) is 31.2 Å². The highest BCUT2D eigenvalue weighted by Gasteiger charge is 2.18. The number of nitrogens with zero attached hydrogens (tertiary/aromatic N) is 1. The van der Waals surface area contributed by atoms with Crippen LogP contribution in [0.4, 0.5) is 0 Å². The van der Waals surface area contributed by atoms with Crippen molar-refractivity contribution >= 4 is 35.2 Å². The Balaban J connectivity index is 2.40. The molecule has 116 valence electrons. The van der Waals surface area contributed by atoms with Crippen molar-refractivity contribution in [2.75, 3.05) is 18.8 Å². The minimum Gasteiger partial charge on any atom is -0.481 e. The van der Waals surface area contributed by atoms with E-state index in [0.29, 0.717) is 23.7 Å². The first-order chi connectivity index (χ1) is 9.93. The van der Waals surface area contributed by atoms with Crippen LogP contribution in [0.5, 0.6) is 0 Å². The van der Waals surface area contributed by atoms with Gasteiger partial charge in [-0.3, -0.25) is 9.59 Å². The predicted molar refractivity (Wildman–Crippen MR) is 85.8 cm³/mol. The summed E-state index contributed by atoms with van der Waals surface area (Å²) in [6.45, 7) is 4.26. The molecule has 0 aliphatic heterocycles. The Morgan fingerprint density at radius 2 is 1.95 bits per heavy atom. The average Bonchev–Trinajstić information content (AvgIpc) is 2.46. The van der Waals surface area contributed by atoms with Gasteiger partial charge in [0.05, 0.1) is 5.92 Å². The van der Waals surface area contributed by atoms with Gasteiger partial charge in [0.1, 0.15) is 0 Å². The molecule has 0 aromatic heterocycles. The van der Waals surface area contributed by atoms with Crippen LogP contribution in [0.25, 0.3) is 0 Å². The summed E-state index contributed by atoms with van der Waals surface area (Å²) < 4.78 is 0. The second-order valence-corrected chi connectivity index (χ2v) is 6.33. The molecule has 0 bridgehead atoms. The van der Waals surface area contributed by atoms with E-state index in [2.05, 4.69) is 0 Å². The maximum Gasteiger partial charge on any atom is 0.308 e. The second-order valence-electron chi connectivity index (χ2n) is 4.72. The van der Waals surface area contributed by atoms with Crippen LogP contribution in [0.2, 0.25) is 5.02 Å². The molecule has 1 unspecified atom stereocenters. The predicted octanol–water partition coefficient (Wildman–Crippen LogP) is 3.39. The monoisotopic (exact) mass is 329 g/mol. The molecule has 0 aliphatic rings. The van der Waals surface area contributed by atoms with Crippen molar-refractivity contribution in [1.82, 2.24) is 4.90 Å². The fraction of sp³-hybridized carbons (Fsp3) is 0.467. The summed E-state index contributed by atoms with van der Waals surface area (Å²) in [5, 5.41) is 9.59. The highest BCUT2D eigenvalue weighted by molar-refractivity contribution is 7.99. The number of hydrogen-bond donors (Lipinski definition) is 1. The van der Waals surface area contributed by atoms with Crippen molar-refractivity contribution in [2.24, 2.45) is 5.92 Å². The molecule has 0 saturated carbocycles. The molecule has 1 N–H and O–H groups in total. The summed E-state index contributed by atoms with van der Waals surface area (Å²) in [7, 11) is 0. The van der Waals surface area contributed by atoms with Crippen LogP contribution in [0.1, 0.15) is 20.3 Å². The van der Waals surface area contributed by atoms with Crippen molar-refractivity contribution < 1.29 is 14.7 Å². The Morgan fingerprint density at radius 1 is 1.33 bits per heavy atom. The maximum atomic E-state index is 12.1. The number of benzene rings is 1. The van der Waals surface area contributed by atoms with E-state index in [1.165, 1.54) is 0 Å². The van der Waals surface area contributed by atoms with E-state index < -0.39 is 11.9 Å². The number of aliphatic carboxylic acids is 1. The van der Waals surface area contributed by atoms with E-state index in [-0.39, 0.29) is 12.5 Å². The third-order valence-corrected chi connectivity index (χ3v) is 4.31. The highest BCUT2D eigenvalue weighted by atomic mass is 35.5. The van der Waals surface area contributed by atoms with E-state index in [9.17, 15) is 9.59 Å². The number of rotatable bonds is 8. The molecule has 0 heterocycles. The van der Waals surface area contributed by atoms with Gasteiger partial charge in [-0.2, -0.15) is 0 Å². The molecule has 1 rings (SSSR count). The van der Waals surface area contributed by atoms with Gasteiger partial charge in [-0.1, -0.05) is 18.5 Å². The van der Waals surface area contributed by atoms with Gasteiger partial charge in [0.15, 0.2) is 0 Å². The van der Waals surface area contributed by atoms with Gasteiger partial charge in [-0.25, -0.2) is 0 Å². The average molecular weight is 330 g/mol. The lowest BCUT2D eigenvalue weighted by Gasteiger charge is -2.22. The second kappa shape index (κ2) is 8.95. The van der Waals surface area contributed by atoms with Crippen molar-refractivity contribution in [1.29, 1.82) is 0 Å². The Labute approximate surface area is 134 Å². The number of hydrogen-bond acceptors (Lipinski definition) is 3. The Kier molecular flexibility index (Phi) is 7.61. The fourth-order valence-corrected chi connectivity index (χ4v) is 2.73. The van der Waals surface area contributed by atoms with Crippen LogP contribution >= 0.6 is 23.4 Å². The molecule has 1 atom stereocenters. The third kappa shape index (κ3) is 6.40. The van der Waals surface area contributed by atoms with Crippen LogP contribution in [-0.4, -0.2) is 40.7 Å². The lowest BCUT2D eigenvalue weighted by Crippen LogP contribution is -2.36. The molecule has 0 radical (unpaired) electrons. The molecule has 0 fully saturated rings. The molecular weight excluding hydrogens is 310 g/mol. The number of carbonyl (C=O) groups excluding carboxylic acids is 1. The number of carbonyl (C=O) groups is 2. The minimum absolute atomic E-state index is 0.00735. The summed E-state index contributed by atoms with van der Waals surface area (Å²) in [6, 6.07) is 7.47. The Morgan fingerprint density at radius 3 is 2.48 bits per heavy atom. The molecule has 0 spiro atoms. The number of carboxylic acids is 1. The van der Waals surface area contributed by atoms with Crippen molar-refractivity contribution in [3.8, 4) is 0 Å². The van der Waals surface area contributed by atoms with Crippen LogP contribution in [-0.2, 0) is 9.59 Å². The van der Waals surface area contributed by atoms with Gasteiger partial charge in [0.25, 0.3) is 0 Å². The lowest BCUT2D eigenvalue weighted by atomic mass is 10.1. The molecule has 0 saturated heterocycles. The molecule has 1 aromatic rings. The van der Waals surface area contributed by atoms with E-state index in [0.717, 1.165) is 4.90 Å². The van der Waals surface area contributed by atoms with Crippen LogP contribution in [0.3, 0.4) is 0 Å². The van der Waals surface area contributed by atoms with E-state index >= 15 is 0 Å². The van der Waals surface area contributed by atoms with Gasteiger partial charge in [0, 0.05) is 35.2 Å². The van der Waals surface area contributed by atoms with Gasteiger partial charge in [-0.15, -0.1) is 11.8 Å². The molecule has 4 nitrogen and oxygen atoms in total. The smallest absolute Gasteiger partial charge is 0.308 e. The molecule has 6 heteroatoms. The van der Waals surface area contributed by atoms with E-state index in [1.54, 1.807) is 23.6 Å². The first kappa shape index (κ1) is 17.9. The molecular formula is C15H20ClNO3S. The quantitative estimate of drug-likeness (QED) is 0.743. The zero-order chi connectivity index (χ0) is 15.8.